The van der Waals surface area contributed by atoms with Crippen LogP contribution in [0.1, 0.15) is 15.9 Å². The number of hydrogen-bond donors (Lipinski definition) is 1. The van der Waals surface area contributed by atoms with E-state index in [0.717, 1.165) is 10.0 Å². The van der Waals surface area contributed by atoms with E-state index in [2.05, 4.69) is 15.9 Å². The maximum absolute atomic E-state index is 12.3. The van der Waals surface area contributed by atoms with Crippen molar-refractivity contribution in [2.45, 2.75) is 0 Å². The molecule has 0 radical (unpaired) electrons. The van der Waals surface area contributed by atoms with Gasteiger partial charge in [-0.05, 0) is 35.9 Å². The predicted molar refractivity (Wildman–Crippen MR) is 88.2 cm³/mol. The number of rotatable bonds is 4. The van der Waals surface area contributed by atoms with Crippen LogP contribution in [-0.4, -0.2) is 18.3 Å². The summed E-state index contributed by atoms with van der Waals surface area (Å²) in [5.41, 5.74) is 6.35. The van der Waals surface area contributed by atoms with Gasteiger partial charge in [-0.25, -0.2) is 0 Å². The van der Waals surface area contributed by atoms with Crippen molar-refractivity contribution in [2.24, 2.45) is 5.73 Å². The Morgan fingerprint density at radius 3 is 2.65 bits per heavy atom. The molecule has 0 aliphatic carbocycles. The second-order valence-corrected chi connectivity index (χ2v) is 5.82. The van der Waals surface area contributed by atoms with Gasteiger partial charge in [0.25, 0.3) is 5.91 Å². The van der Waals surface area contributed by atoms with Gasteiger partial charge in [0.05, 0.1) is 5.56 Å². The number of carbonyl (C=O) groups excluding carboxylic acids is 2. The van der Waals surface area contributed by atoms with Crippen molar-refractivity contribution in [1.29, 1.82) is 0 Å². The van der Waals surface area contributed by atoms with Crippen LogP contribution in [0.4, 0.5) is 0 Å². The number of hydrogen-bond acceptors (Lipinski definition) is 4. The van der Waals surface area contributed by atoms with Gasteiger partial charge in [0.15, 0.2) is 12.4 Å². The first kappa shape index (κ1) is 15.3. The average molecular weight is 374 g/mol. The topological polar surface area (TPSA) is 78.6 Å². The summed E-state index contributed by atoms with van der Waals surface area (Å²) in [5.74, 6) is 0.303. The molecule has 1 amide bonds. The monoisotopic (exact) mass is 373 g/mol. The lowest BCUT2D eigenvalue weighted by atomic mass is 10.1. The van der Waals surface area contributed by atoms with Gasteiger partial charge in [-0.3, -0.25) is 9.59 Å². The highest BCUT2D eigenvalue weighted by Gasteiger charge is 2.27. The predicted octanol–water partition coefficient (Wildman–Crippen LogP) is 2.93. The number of primary amides is 1. The van der Waals surface area contributed by atoms with Crippen molar-refractivity contribution in [3.8, 4) is 11.5 Å². The zero-order chi connectivity index (χ0) is 16.4. The van der Waals surface area contributed by atoms with E-state index in [1.807, 2.05) is 24.3 Å². The fourth-order valence-corrected chi connectivity index (χ4v) is 2.39. The van der Waals surface area contributed by atoms with Crippen molar-refractivity contribution in [3.63, 3.8) is 0 Å². The number of Topliss-reactive ketones (excluding diaryl/α,β-unsaturated/α-hetero) is 1. The van der Waals surface area contributed by atoms with Crippen LogP contribution < -0.4 is 15.2 Å². The average Bonchev–Trinajstić information content (AvgIpc) is 2.83. The van der Waals surface area contributed by atoms with E-state index in [-0.39, 0.29) is 18.1 Å². The minimum absolute atomic E-state index is 0.190. The van der Waals surface area contributed by atoms with Gasteiger partial charge in [-0.2, -0.15) is 0 Å². The van der Waals surface area contributed by atoms with Crippen molar-refractivity contribution in [3.05, 3.63) is 63.8 Å². The molecule has 0 fully saturated rings. The Morgan fingerprint density at radius 1 is 1.22 bits per heavy atom. The number of halogens is 1. The fourth-order valence-electron chi connectivity index (χ4n) is 2.12. The fraction of sp³-hybridized carbons (Fsp3) is 0.0588. The lowest BCUT2D eigenvalue weighted by molar-refractivity contribution is -0.119. The van der Waals surface area contributed by atoms with Gasteiger partial charge in [-0.15, -0.1) is 0 Å². The molecule has 2 aromatic rings. The first-order valence-electron chi connectivity index (χ1n) is 6.78. The summed E-state index contributed by atoms with van der Waals surface area (Å²) in [5, 5.41) is 0. The number of amides is 1. The van der Waals surface area contributed by atoms with Crippen molar-refractivity contribution in [1.82, 2.24) is 0 Å². The first-order valence-corrected chi connectivity index (χ1v) is 7.57. The molecule has 5 nitrogen and oxygen atoms in total. The second kappa shape index (κ2) is 6.26. The summed E-state index contributed by atoms with van der Waals surface area (Å²) in [6.45, 7) is -0.228. The van der Waals surface area contributed by atoms with Crippen molar-refractivity contribution < 1.29 is 19.1 Å². The third-order valence-corrected chi connectivity index (χ3v) is 3.72. The lowest BCUT2D eigenvalue weighted by Crippen LogP contribution is -2.19. The molecule has 0 bridgehead atoms. The Bertz CT molecular complexity index is 812. The Labute approximate surface area is 140 Å². The molecule has 6 heteroatoms. The quantitative estimate of drug-likeness (QED) is 0.835. The van der Waals surface area contributed by atoms with Crippen LogP contribution in [0.5, 0.6) is 11.5 Å². The van der Waals surface area contributed by atoms with Crippen molar-refractivity contribution in [2.75, 3.05) is 6.61 Å². The molecule has 1 heterocycles. The molecule has 116 valence electrons. The molecule has 0 saturated carbocycles. The van der Waals surface area contributed by atoms with E-state index >= 15 is 0 Å². The van der Waals surface area contributed by atoms with Gasteiger partial charge >= 0.3 is 0 Å². The molecule has 0 unspecified atom stereocenters. The second-order valence-electron chi connectivity index (χ2n) is 4.90. The van der Waals surface area contributed by atoms with E-state index in [1.54, 1.807) is 24.3 Å². The van der Waals surface area contributed by atoms with Crippen LogP contribution in [0.2, 0.25) is 0 Å². The molecule has 23 heavy (non-hydrogen) atoms. The Hall–Kier alpha value is -2.60. The molecule has 0 aromatic heterocycles. The van der Waals surface area contributed by atoms with Crippen LogP contribution in [0.15, 0.2) is 52.7 Å². The Kier molecular flexibility index (Phi) is 4.16. The van der Waals surface area contributed by atoms with Gasteiger partial charge in [-0.1, -0.05) is 28.1 Å². The number of ether oxygens (including phenoxy) is 2. The Balaban J connectivity index is 1.83. The van der Waals surface area contributed by atoms with Crippen molar-refractivity contribution >= 4 is 33.7 Å². The van der Waals surface area contributed by atoms with Crippen LogP contribution in [0.25, 0.3) is 6.08 Å². The molecule has 3 rings (SSSR count). The highest BCUT2D eigenvalue weighted by Crippen LogP contribution is 2.34. The molecule has 0 spiro atoms. The largest absolute Gasteiger partial charge is 0.484 e. The molecular formula is C17H12BrNO4. The van der Waals surface area contributed by atoms with E-state index in [1.165, 1.54) is 0 Å². The molecule has 0 saturated heterocycles. The maximum Gasteiger partial charge on any atom is 0.255 e. The minimum atomic E-state index is -0.571. The number of nitrogens with two attached hydrogens (primary N) is 1. The third kappa shape index (κ3) is 3.43. The number of allylic oxidation sites excluding steroid dienone is 1. The highest BCUT2D eigenvalue weighted by atomic mass is 79.9. The summed E-state index contributed by atoms with van der Waals surface area (Å²) in [6, 6.07) is 12.3. The molecule has 2 N–H and O–H groups in total. The molecule has 1 aliphatic rings. The summed E-state index contributed by atoms with van der Waals surface area (Å²) >= 11 is 3.36. The van der Waals surface area contributed by atoms with E-state index in [0.29, 0.717) is 17.1 Å². The smallest absolute Gasteiger partial charge is 0.255 e. The molecule has 2 aromatic carbocycles. The van der Waals surface area contributed by atoms with Gasteiger partial charge in [0, 0.05) is 10.5 Å². The SMILES string of the molecule is NC(=O)COc1ccc2c(c1)OC(=Cc1ccc(Br)cc1)C2=O. The summed E-state index contributed by atoms with van der Waals surface area (Å²) < 4.78 is 11.8. The van der Waals surface area contributed by atoms with Gasteiger partial charge in [0.2, 0.25) is 5.78 Å². The first-order chi connectivity index (χ1) is 11.0. The number of benzene rings is 2. The summed E-state index contributed by atoms with van der Waals surface area (Å²) in [6.07, 6.45) is 1.68. The zero-order valence-electron chi connectivity index (χ0n) is 11.9. The number of ketones is 1. The lowest BCUT2D eigenvalue weighted by Gasteiger charge is -2.04. The van der Waals surface area contributed by atoms with E-state index in [4.69, 9.17) is 15.2 Å². The molecular weight excluding hydrogens is 362 g/mol. The maximum atomic E-state index is 12.3. The van der Waals surface area contributed by atoms with Gasteiger partial charge in [0.1, 0.15) is 11.5 Å². The normalized spacial score (nSPS) is 14.5. The van der Waals surface area contributed by atoms with E-state index in [9.17, 15) is 9.59 Å². The van der Waals surface area contributed by atoms with Gasteiger partial charge < -0.3 is 15.2 Å². The zero-order valence-corrected chi connectivity index (χ0v) is 13.5. The minimum Gasteiger partial charge on any atom is -0.484 e. The molecule has 1 aliphatic heterocycles. The highest BCUT2D eigenvalue weighted by molar-refractivity contribution is 9.10. The van der Waals surface area contributed by atoms with Crippen LogP contribution in [0, 0.1) is 0 Å². The van der Waals surface area contributed by atoms with Crippen LogP contribution >= 0.6 is 15.9 Å². The summed E-state index contributed by atoms with van der Waals surface area (Å²) in [4.78, 5) is 23.1. The molecule has 0 atom stereocenters. The Morgan fingerprint density at radius 2 is 1.96 bits per heavy atom. The third-order valence-electron chi connectivity index (χ3n) is 3.19. The van der Waals surface area contributed by atoms with E-state index < -0.39 is 5.91 Å². The standard InChI is InChI=1S/C17H12BrNO4/c18-11-3-1-10(2-4-11)7-15-17(21)13-6-5-12(8-14(13)23-15)22-9-16(19)20/h1-8H,9H2,(H2,19,20). The number of fused-ring (bicyclic) bond motifs is 1. The summed E-state index contributed by atoms with van der Waals surface area (Å²) in [7, 11) is 0. The number of carbonyl (C=O) groups is 2. The van der Waals surface area contributed by atoms with Crippen LogP contribution in [0.3, 0.4) is 0 Å². The van der Waals surface area contributed by atoms with Crippen LogP contribution in [-0.2, 0) is 4.79 Å².